The van der Waals surface area contributed by atoms with Crippen LogP contribution in [0.2, 0.25) is 0 Å². The molecule has 90 valence electrons. The number of hydrogen-bond acceptors (Lipinski definition) is 3. The fourth-order valence-corrected chi connectivity index (χ4v) is 2.02. The third-order valence-corrected chi connectivity index (χ3v) is 3.03. The van der Waals surface area contributed by atoms with Crippen molar-refractivity contribution in [1.29, 1.82) is 0 Å². The number of aryl methyl sites for hydroxylation is 1. The lowest BCUT2D eigenvalue weighted by molar-refractivity contribution is 0.709. The van der Waals surface area contributed by atoms with Gasteiger partial charge in [-0.25, -0.2) is 0 Å². The first-order chi connectivity index (χ1) is 8.74. The zero-order chi connectivity index (χ0) is 12.5. The number of benzene rings is 1. The molecule has 0 aliphatic rings. The van der Waals surface area contributed by atoms with Crippen LogP contribution in [0.25, 0.3) is 10.9 Å². The van der Waals surface area contributed by atoms with Crippen molar-refractivity contribution in [2.45, 2.75) is 13.5 Å². The van der Waals surface area contributed by atoms with Crippen LogP contribution in [0.1, 0.15) is 11.3 Å². The van der Waals surface area contributed by atoms with Gasteiger partial charge in [-0.2, -0.15) is 5.10 Å². The molecule has 1 aromatic carbocycles. The highest BCUT2D eigenvalue weighted by Crippen LogP contribution is 2.20. The molecule has 2 N–H and O–H groups in total. The molecule has 0 aliphatic heterocycles. The molecule has 0 unspecified atom stereocenters. The van der Waals surface area contributed by atoms with E-state index in [0.29, 0.717) is 6.54 Å². The Hall–Kier alpha value is -2.36. The lowest BCUT2D eigenvalue weighted by Crippen LogP contribution is -2.02. The minimum absolute atomic E-state index is 0.709. The van der Waals surface area contributed by atoms with E-state index in [1.807, 2.05) is 48.3 Å². The van der Waals surface area contributed by atoms with E-state index in [9.17, 15) is 0 Å². The molecule has 3 rings (SSSR count). The summed E-state index contributed by atoms with van der Waals surface area (Å²) in [5.74, 6) is 0. The molecular weight excluding hydrogens is 224 g/mol. The maximum absolute atomic E-state index is 5.92. The van der Waals surface area contributed by atoms with Crippen molar-refractivity contribution >= 4 is 16.6 Å². The van der Waals surface area contributed by atoms with Crippen LogP contribution in [0, 0.1) is 6.92 Å². The zero-order valence-corrected chi connectivity index (χ0v) is 10.2. The van der Waals surface area contributed by atoms with Gasteiger partial charge in [0.25, 0.3) is 0 Å². The molecular formula is C14H14N4. The van der Waals surface area contributed by atoms with Gasteiger partial charge in [0.05, 0.1) is 18.3 Å². The van der Waals surface area contributed by atoms with Gasteiger partial charge in [0, 0.05) is 23.0 Å². The quantitative estimate of drug-likeness (QED) is 0.697. The predicted molar refractivity (Wildman–Crippen MR) is 72.2 cm³/mol. The molecule has 0 atom stereocenters. The Kier molecular flexibility index (Phi) is 2.48. The molecule has 0 fully saturated rings. The largest absolute Gasteiger partial charge is 0.398 e. The van der Waals surface area contributed by atoms with Crippen molar-refractivity contribution in [3.05, 3.63) is 54.0 Å². The third kappa shape index (κ3) is 1.82. The molecule has 0 aliphatic carbocycles. The number of aromatic nitrogens is 3. The number of anilines is 1. The fraction of sp³-hybridized carbons (Fsp3) is 0.143. The van der Waals surface area contributed by atoms with Crippen LogP contribution in [0.4, 0.5) is 5.69 Å². The van der Waals surface area contributed by atoms with Crippen LogP contribution >= 0.6 is 0 Å². The maximum atomic E-state index is 5.92. The van der Waals surface area contributed by atoms with Crippen molar-refractivity contribution in [1.82, 2.24) is 14.8 Å². The first kappa shape index (κ1) is 10.8. The second kappa shape index (κ2) is 4.14. The standard InChI is InChI=1S/C14H14N4/c1-10-5-6-11(7-16-10)9-18-14-4-2-3-13(15)12(14)8-17-18/h2-8H,9,15H2,1H3. The first-order valence-corrected chi connectivity index (χ1v) is 5.85. The number of nitrogens with two attached hydrogens (primary N) is 1. The topological polar surface area (TPSA) is 56.7 Å². The summed E-state index contributed by atoms with van der Waals surface area (Å²) in [5, 5.41) is 5.38. The molecule has 0 saturated heterocycles. The first-order valence-electron chi connectivity index (χ1n) is 5.85. The second-order valence-electron chi connectivity index (χ2n) is 4.39. The number of fused-ring (bicyclic) bond motifs is 1. The number of pyridine rings is 1. The van der Waals surface area contributed by atoms with Gasteiger partial charge in [0.2, 0.25) is 0 Å². The number of nitrogens with zero attached hydrogens (tertiary/aromatic N) is 3. The van der Waals surface area contributed by atoms with Crippen molar-refractivity contribution < 1.29 is 0 Å². The summed E-state index contributed by atoms with van der Waals surface area (Å²) >= 11 is 0. The summed E-state index contributed by atoms with van der Waals surface area (Å²) in [6.07, 6.45) is 3.70. The Morgan fingerprint density at radius 3 is 2.83 bits per heavy atom. The van der Waals surface area contributed by atoms with E-state index >= 15 is 0 Å². The SMILES string of the molecule is Cc1ccc(Cn2ncc3c(N)cccc32)cn1. The van der Waals surface area contributed by atoms with E-state index in [1.165, 1.54) is 0 Å². The number of rotatable bonds is 2. The molecule has 0 radical (unpaired) electrons. The predicted octanol–water partition coefficient (Wildman–Crippen LogP) is 2.37. The van der Waals surface area contributed by atoms with Crippen LogP contribution in [-0.2, 0) is 6.54 Å². The zero-order valence-electron chi connectivity index (χ0n) is 10.2. The van der Waals surface area contributed by atoms with E-state index in [4.69, 9.17) is 5.73 Å². The highest BCUT2D eigenvalue weighted by atomic mass is 15.3. The highest BCUT2D eigenvalue weighted by molar-refractivity contribution is 5.90. The van der Waals surface area contributed by atoms with Crippen LogP contribution in [0.15, 0.2) is 42.7 Å². The minimum Gasteiger partial charge on any atom is -0.398 e. The van der Waals surface area contributed by atoms with Gasteiger partial charge in [0.15, 0.2) is 0 Å². The van der Waals surface area contributed by atoms with Crippen molar-refractivity contribution in [3.63, 3.8) is 0 Å². The second-order valence-corrected chi connectivity index (χ2v) is 4.39. The van der Waals surface area contributed by atoms with E-state index in [-0.39, 0.29) is 0 Å². The van der Waals surface area contributed by atoms with E-state index in [1.54, 1.807) is 0 Å². The Bertz CT molecular complexity index is 683. The van der Waals surface area contributed by atoms with Crippen molar-refractivity contribution in [2.24, 2.45) is 0 Å². The van der Waals surface area contributed by atoms with Gasteiger partial charge in [-0.15, -0.1) is 0 Å². The van der Waals surface area contributed by atoms with Gasteiger partial charge < -0.3 is 5.73 Å². The number of hydrogen-bond donors (Lipinski definition) is 1. The Morgan fingerprint density at radius 1 is 1.17 bits per heavy atom. The van der Waals surface area contributed by atoms with E-state index < -0.39 is 0 Å². The minimum atomic E-state index is 0.709. The molecule has 4 nitrogen and oxygen atoms in total. The van der Waals surface area contributed by atoms with Gasteiger partial charge in [-0.05, 0) is 30.7 Å². The summed E-state index contributed by atoms with van der Waals surface area (Å²) in [6, 6.07) is 9.95. The molecule has 18 heavy (non-hydrogen) atoms. The van der Waals surface area contributed by atoms with Crippen LogP contribution in [-0.4, -0.2) is 14.8 Å². The van der Waals surface area contributed by atoms with E-state index in [0.717, 1.165) is 27.8 Å². The normalized spacial score (nSPS) is 10.9. The molecule has 0 spiro atoms. The van der Waals surface area contributed by atoms with E-state index in [2.05, 4.69) is 16.1 Å². The highest BCUT2D eigenvalue weighted by Gasteiger charge is 2.05. The molecule has 0 saturated carbocycles. The lowest BCUT2D eigenvalue weighted by Gasteiger charge is -2.04. The Balaban J connectivity index is 2.00. The average molecular weight is 238 g/mol. The van der Waals surface area contributed by atoms with Crippen LogP contribution < -0.4 is 5.73 Å². The monoisotopic (exact) mass is 238 g/mol. The third-order valence-electron chi connectivity index (χ3n) is 3.03. The van der Waals surface area contributed by atoms with Gasteiger partial charge in [0.1, 0.15) is 0 Å². The molecule has 0 amide bonds. The molecule has 3 aromatic rings. The summed E-state index contributed by atoms with van der Waals surface area (Å²) in [7, 11) is 0. The Morgan fingerprint density at radius 2 is 2.06 bits per heavy atom. The maximum Gasteiger partial charge on any atom is 0.0707 e. The summed E-state index contributed by atoms with van der Waals surface area (Å²) < 4.78 is 1.94. The molecule has 4 heteroatoms. The van der Waals surface area contributed by atoms with Gasteiger partial charge in [-0.1, -0.05) is 12.1 Å². The number of nitrogen functional groups attached to an aromatic ring is 1. The van der Waals surface area contributed by atoms with Gasteiger partial charge >= 0.3 is 0 Å². The average Bonchev–Trinajstić information content (AvgIpc) is 2.77. The molecule has 2 aromatic heterocycles. The molecule has 2 heterocycles. The molecule has 0 bridgehead atoms. The Labute approximate surface area is 105 Å². The summed E-state index contributed by atoms with van der Waals surface area (Å²) in [4.78, 5) is 4.29. The summed E-state index contributed by atoms with van der Waals surface area (Å²) in [6.45, 7) is 2.69. The summed E-state index contributed by atoms with van der Waals surface area (Å²) in [5.41, 5.74) is 9.89. The van der Waals surface area contributed by atoms with Gasteiger partial charge in [-0.3, -0.25) is 9.67 Å². The van der Waals surface area contributed by atoms with Crippen LogP contribution in [0.5, 0.6) is 0 Å². The van der Waals surface area contributed by atoms with Crippen molar-refractivity contribution in [3.8, 4) is 0 Å². The lowest BCUT2D eigenvalue weighted by atomic mass is 10.2. The smallest absolute Gasteiger partial charge is 0.0707 e. The van der Waals surface area contributed by atoms with Crippen molar-refractivity contribution in [2.75, 3.05) is 5.73 Å². The van der Waals surface area contributed by atoms with Crippen LogP contribution in [0.3, 0.4) is 0 Å². The fourth-order valence-electron chi connectivity index (χ4n) is 2.02.